The van der Waals surface area contributed by atoms with E-state index in [0.717, 1.165) is 31.9 Å². The fourth-order valence-corrected chi connectivity index (χ4v) is 3.58. The molecule has 2 rings (SSSR count). The quantitative estimate of drug-likeness (QED) is 0.859. The molecule has 6 heteroatoms. The molecular weight excluding hydrogens is 272 g/mol. The van der Waals surface area contributed by atoms with E-state index in [2.05, 4.69) is 10.2 Å². The highest BCUT2D eigenvalue weighted by molar-refractivity contribution is 7.90. The summed E-state index contributed by atoms with van der Waals surface area (Å²) in [7, 11) is -3.20. The van der Waals surface area contributed by atoms with Gasteiger partial charge in [0.2, 0.25) is 0 Å². The molecule has 1 heterocycles. The molecule has 1 fully saturated rings. The zero-order valence-corrected chi connectivity index (χ0v) is 12.2. The first-order chi connectivity index (χ1) is 8.39. The minimum atomic E-state index is -3.20. The van der Waals surface area contributed by atoms with E-state index < -0.39 is 9.84 Å². The largest absolute Gasteiger partial charge is 0.359 e. The summed E-state index contributed by atoms with van der Waals surface area (Å²) in [6.07, 6.45) is 1.23. The Morgan fingerprint density at radius 1 is 1.28 bits per heavy atom. The predicted octanol–water partition coefficient (Wildman–Crippen LogP) is 0.435. The van der Waals surface area contributed by atoms with Crippen LogP contribution in [0.4, 0.5) is 5.69 Å². The lowest BCUT2D eigenvalue weighted by molar-refractivity contribution is -0.655. The maximum atomic E-state index is 11.7. The Labute approximate surface area is 113 Å². The lowest BCUT2D eigenvalue weighted by atomic mass is 10.2. The highest BCUT2D eigenvalue weighted by atomic mass is 35.5. The van der Waals surface area contributed by atoms with Gasteiger partial charge in [-0.1, -0.05) is 11.6 Å². The van der Waals surface area contributed by atoms with Gasteiger partial charge in [-0.05, 0) is 24.6 Å². The van der Waals surface area contributed by atoms with Gasteiger partial charge in [-0.15, -0.1) is 0 Å². The van der Waals surface area contributed by atoms with Crippen LogP contribution in [0.5, 0.6) is 0 Å². The normalized spacial score (nSPS) is 16.9. The van der Waals surface area contributed by atoms with Gasteiger partial charge in [0.15, 0.2) is 9.84 Å². The summed E-state index contributed by atoms with van der Waals surface area (Å²) in [5.74, 6) is 0. The van der Waals surface area contributed by atoms with Crippen LogP contribution >= 0.6 is 11.6 Å². The van der Waals surface area contributed by atoms with Gasteiger partial charge in [0, 0.05) is 6.26 Å². The third kappa shape index (κ3) is 2.79. The van der Waals surface area contributed by atoms with Crippen LogP contribution in [-0.4, -0.2) is 40.9 Å². The maximum Gasteiger partial charge on any atom is 0.175 e. The molecule has 1 aliphatic rings. The van der Waals surface area contributed by atoms with Gasteiger partial charge >= 0.3 is 0 Å². The summed E-state index contributed by atoms with van der Waals surface area (Å²) in [6, 6.07) is 3.45. The van der Waals surface area contributed by atoms with Gasteiger partial charge in [-0.25, -0.2) is 8.42 Å². The van der Waals surface area contributed by atoms with E-state index in [1.807, 2.05) is 0 Å². The molecule has 1 saturated heterocycles. The number of hydrogen-bond donors (Lipinski definition) is 1. The summed E-state index contributed by atoms with van der Waals surface area (Å²) in [5, 5.41) is 2.87. The number of halogens is 1. The van der Waals surface area contributed by atoms with Crippen molar-refractivity contribution in [3.63, 3.8) is 0 Å². The van der Waals surface area contributed by atoms with Crippen molar-refractivity contribution in [3.05, 3.63) is 22.7 Å². The molecule has 0 radical (unpaired) electrons. The zero-order valence-electron chi connectivity index (χ0n) is 10.6. The number of nitrogens with zero attached hydrogens (tertiary/aromatic N) is 1. The Bertz CT molecular complexity index is 551. The molecule has 0 aliphatic carbocycles. The second-order valence-electron chi connectivity index (χ2n) is 4.69. The lowest BCUT2D eigenvalue weighted by Gasteiger charge is -2.28. The lowest BCUT2D eigenvalue weighted by Crippen LogP contribution is -2.89. The van der Waals surface area contributed by atoms with Crippen LogP contribution in [0.15, 0.2) is 17.0 Å². The number of anilines is 1. The number of hydrogen-bond acceptors (Lipinski definition) is 3. The average molecular weight is 290 g/mol. The number of sulfone groups is 1. The standard InChI is InChI=1S/C12H17ClN2O2S/c1-9-7-10(13)11(8-12(9)18(2,16)17)15-5-3-14-4-6-15/h7-8,14H,3-6H2,1-2H3/p+1. The van der Waals surface area contributed by atoms with Crippen molar-refractivity contribution < 1.29 is 13.7 Å². The van der Waals surface area contributed by atoms with Crippen molar-refractivity contribution in [3.8, 4) is 0 Å². The highest BCUT2D eigenvalue weighted by Gasteiger charge is 2.20. The molecule has 0 spiro atoms. The van der Waals surface area contributed by atoms with Gasteiger partial charge in [-0.3, -0.25) is 0 Å². The Balaban J connectivity index is 2.47. The number of benzene rings is 1. The van der Waals surface area contributed by atoms with Crippen molar-refractivity contribution in [1.29, 1.82) is 0 Å². The second-order valence-corrected chi connectivity index (χ2v) is 7.09. The molecule has 0 unspecified atom stereocenters. The second kappa shape index (κ2) is 5.07. The van der Waals surface area contributed by atoms with Gasteiger partial charge in [-0.2, -0.15) is 0 Å². The molecule has 0 bridgehead atoms. The molecule has 0 aromatic heterocycles. The molecule has 100 valence electrons. The van der Waals surface area contributed by atoms with E-state index in [-0.39, 0.29) is 0 Å². The van der Waals surface area contributed by atoms with E-state index in [1.165, 1.54) is 6.26 Å². The third-order valence-electron chi connectivity index (χ3n) is 3.19. The summed E-state index contributed by atoms with van der Waals surface area (Å²) in [4.78, 5) is 2.52. The maximum absolute atomic E-state index is 11.7. The fourth-order valence-electron chi connectivity index (χ4n) is 2.28. The average Bonchev–Trinajstić information content (AvgIpc) is 2.28. The predicted molar refractivity (Wildman–Crippen MR) is 73.2 cm³/mol. The van der Waals surface area contributed by atoms with Crippen molar-refractivity contribution in [2.24, 2.45) is 0 Å². The Morgan fingerprint density at radius 2 is 1.89 bits per heavy atom. The topological polar surface area (TPSA) is 54.0 Å². The molecule has 0 saturated carbocycles. The Morgan fingerprint density at radius 3 is 2.44 bits per heavy atom. The monoisotopic (exact) mass is 289 g/mol. The minimum absolute atomic E-state index is 0.372. The van der Waals surface area contributed by atoms with Crippen LogP contribution in [0.2, 0.25) is 5.02 Å². The van der Waals surface area contributed by atoms with Crippen molar-refractivity contribution in [2.45, 2.75) is 11.8 Å². The van der Waals surface area contributed by atoms with Gasteiger partial charge in [0.05, 0.1) is 41.8 Å². The first-order valence-corrected chi connectivity index (χ1v) is 8.23. The van der Waals surface area contributed by atoms with Gasteiger partial charge < -0.3 is 10.2 Å². The molecular formula is C12H18ClN2O2S+. The molecule has 0 amide bonds. The number of nitrogens with two attached hydrogens (primary N) is 1. The van der Waals surface area contributed by atoms with Crippen LogP contribution < -0.4 is 10.2 Å². The van der Waals surface area contributed by atoms with Gasteiger partial charge in [0.25, 0.3) is 0 Å². The minimum Gasteiger partial charge on any atom is -0.359 e. The first-order valence-electron chi connectivity index (χ1n) is 5.96. The van der Waals surface area contributed by atoms with Crippen molar-refractivity contribution >= 4 is 27.1 Å². The van der Waals surface area contributed by atoms with E-state index in [0.29, 0.717) is 15.5 Å². The summed E-state index contributed by atoms with van der Waals surface area (Å²) >= 11 is 6.24. The SMILES string of the molecule is Cc1cc(Cl)c(N2CC[NH2+]CC2)cc1S(C)(=O)=O. The smallest absolute Gasteiger partial charge is 0.175 e. The van der Waals surface area contributed by atoms with Crippen molar-refractivity contribution in [1.82, 2.24) is 0 Å². The van der Waals surface area contributed by atoms with Crippen LogP contribution in [0.25, 0.3) is 0 Å². The highest BCUT2D eigenvalue weighted by Crippen LogP contribution is 2.31. The molecule has 4 nitrogen and oxygen atoms in total. The van der Waals surface area contributed by atoms with Gasteiger partial charge in [0.1, 0.15) is 0 Å². The zero-order chi connectivity index (χ0) is 13.3. The number of aryl methyl sites for hydroxylation is 1. The van der Waals surface area contributed by atoms with E-state index in [4.69, 9.17) is 11.6 Å². The van der Waals surface area contributed by atoms with Crippen LogP contribution in [0.1, 0.15) is 5.56 Å². The van der Waals surface area contributed by atoms with E-state index in [1.54, 1.807) is 19.1 Å². The fraction of sp³-hybridized carbons (Fsp3) is 0.500. The third-order valence-corrected chi connectivity index (χ3v) is 4.73. The number of piperazine rings is 1. The van der Waals surface area contributed by atoms with E-state index >= 15 is 0 Å². The molecule has 1 aromatic rings. The van der Waals surface area contributed by atoms with Crippen molar-refractivity contribution in [2.75, 3.05) is 37.3 Å². The van der Waals surface area contributed by atoms with Crippen LogP contribution in [0, 0.1) is 6.92 Å². The first kappa shape index (κ1) is 13.6. The Kier molecular flexibility index (Phi) is 3.84. The molecule has 0 atom stereocenters. The van der Waals surface area contributed by atoms with Crippen LogP contribution in [-0.2, 0) is 9.84 Å². The molecule has 1 aliphatic heterocycles. The van der Waals surface area contributed by atoms with E-state index in [9.17, 15) is 8.42 Å². The summed E-state index contributed by atoms with van der Waals surface area (Å²) in [5.41, 5.74) is 1.53. The Hall–Kier alpha value is -0.780. The molecule has 18 heavy (non-hydrogen) atoms. The summed E-state index contributed by atoms with van der Waals surface area (Å²) < 4.78 is 23.5. The number of quaternary nitrogens is 1. The number of rotatable bonds is 2. The molecule has 2 N–H and O–H groups in total. The summed E-state index contributed by atoms with van der Waals surface area (Å²) in [6.45, 7) is 5.59. The molecule has 1 aromatic carbocycles. The van der Waals surface area contributed by atoms with Crippen LogP contribution in [0.3, 0.4) is 0 Å².